The third-order valence-electron chi connectivity index (χ3n) is 4.22. The minimum Gasteiger partial charge on any atom is -0.490 e. The van der Waals surface area contributed by atoms with E-state index in [0.717, 1.165) is 5.56 Å². The lowest BCUT2D eigenvalue weighted by Gasteiger charge is -2.10. The summed E-state index contributed by atoms with van der Waals surface area (Å²) in [5, 5.41) is 5.33. The maximum Gasteiger partial charge on any atom is 0.278 e. The Kier molecular flexibility index (Phi) is 4.77. The highest BCUT2D eigenvalue weighted by molar-refractivity contribution is 7.11. The van der Waals surface area contributed by atoms with Crippen molar-refractivity contribution >= 4 is 22.9 Å². The van der Waals surface area contributed by atoms with E-state index in [9.17, 15) is 9.18 Å². The predicted octanol–water partition coefficient (Wildman–Crippen LogP) is 4.79. The van der Waals surface area contributed by atoms with E-state index in [1.54, 1.807) is 24.4 Å². The summed E-state index contributed by atoms with van der Waals surface area (Å²) in [6.45, 7) is 1.91. The Balaban J connectivity index is 1.33. The molecule has 7 heteroatoms. The summed E-state index contributed by atoms with van der Waals surface area (Å²) in [7, 11) is 0. The van der Waals surface area contributed by atoms with Crippen molar-refractivity contribution in [2.24, 2.45) is 5.92 Å². The minimum absolute atomic E-state index is 0.0879. The zero-order valence-corrected chi connectivity index (χ0v) is 15.3. The number of rotatable bonds is 6. The molecule has 27 heavy (non-hydrogen) atoms. The Hall–Kier alpha value is -2.93. The monoisotopic (exact) mass is 384 g/mol. The van der Waals surface area contributed by atoms with Crippen LogP contribution < -0.4 is 14.8 Å². The van der Waals surface area contributed by atoms with Crippen LogP contribution in [0.1, 0.15) is 12.0 Å². The van der Waals surface area contributed by atoms with Gasteiger partial charge in [-0.05, 0) is 55.0 Å². The molecule has 2 atom stereocenters. The topological polar surface area (TPSA) is 60.5 Å². The molecular formula is C20H17FN2O3S. The number of carbonyl (C=O) groups is 1. The minimum atomic E-state index is -0.315. The van der Waals surface area contributed by atoms with Crippen LogP contribution in [0.5, 0.6) is 16.7 Å². The van der Waals surface area contributed by atoms with Crippen LogP contribution in [0.25, 0.3) is 0 Å². The molecule has 2 aromatic carbocycles. The Bertz CT molecular complexity index is 944. The molecule has 0 spiro atoms. The fraction of sp³-hybridized carbons (Fsp3) is 0.200. The van der Waals surface area contributed by atoms with Gasteiger partial charge in [0.25, 0.3) is 5.19 Å². The van der Waals surface area contributed by atoms with Gasteiger partial charge in [-0.15, -0.1) is 0 Å². The van der Waals surface area contributed by atoms with E-state index in [1.165, 1.54) is 23.5 Å². The molecule has 1 N–H and O–H groups in total. The quantitative estimate of drug-likeness (QED) is 0.664. The first-order valence-electron chi connectivity index (χ1n) is 8.49. The maximum atomic E-state index is 12.9. The first-order chi connectivity index (χ1) is 13.1. The highest BCUT2D eigenvalue weighted by Gasteiger charge is 2.45. The molecule has 2 unspecified atom stereocenters. The summed E-state index contributed by atoms with van der Waals surface area (Å²) >= 11 is 1.42. The van der Waals surface area contributed by atoms with E-state index in [4.69, 9.17) is 9.47 Å². The number of anilines is 1. The smallest absolute Gasteiger partial charge is 0.278 e. The first kappa shape index (κ1) is 17.5. The number of nitrogens with zero attached hydrogens (tertiary/aromatic N) is 1. The lowest BCUT2D eigenvalue weighted by atomic mass is 10.2. The van der Waals surface area contributed by atoms with Crippen molar-refractivity contribution in [1.29, 1.82) is 0 Å². The van der Waals surface area contributed by atoms with E-state index in [-0.39, 0.29) is 23.7 Å². The van der Waals surface area contributed by atoms with Crippen molar-refractivity contribution in [3.8, 4) is 16.7 Å². The highest BCUT2D eigenvalue weighted by Crippen LogP contribution is 2.36. The number of aryl methyl sites for hydroxylation is 1. The molecule has 4 rings (SSSR count). The molecule has 0 radical (unpaired) electrons. The van der Waals surface area contributed by atoms with E-state index in [2.05, 4.69) is 10.3 Å². The van der Waals surface area contributed by atoms with Crippen LogP contribution >= 0.6 is 11.3 Å². The number of thiazole rings is 1. The van der Waals surface area contributed by atoms with E-state index in [0.29, 0.717) is 28.8 Å². The van der Waals surface area contributed by atoms with Gasteiger partial charge in [0.05, 0.1) is 5.92 Å². The Labute approximate surface area is 159 Å². The second-order valence-electron chi connectivity index (χ2n) is 6.32. The van der Waals surface area contributed by atoms with E-state index in [1.807, 2.05) is 24.4 Å². The number of nitrogens with one attached hydrogen (secondary N) is 1. The van der Waals surface area contributed by atoms with Gasteiger partial charge in [0.1, 0.15) is 23.4 Å². The van der Waals surface area contributed by atoms with Crippen molar-refractivity contribution in [2.75, 3.05) is 5.32 Å². The fourth-order valence-corrected chi connectivity index (χ4v) is 3.19. The van der Waals surface area contributed by atoms with E-state index < -0.39 is 0 Å². The largest absolute Gasteiger partial charge is 0.490 e. The molecule has 3 aromatic rings. The zero-order chi connectivity index (χ0) is 18.8. The molecule has 1 aliphatic carbocycles. The van der Waals surface area contributed by atoms with Gasteiger partial charge in [-0.25, -0.2) is 9.37 Å². The third-order valence-corrected chi connectivity index (χ3v) is 4.87. The van der Waals surface area contributed by atoms with Crippen molar-refractivity contribution in [3.05, 3.63) is 65.4 Å². The number of hydrogen-bond acceptors (Lipinski definition) is 5. The average molecular weight is 384 g/mol. The molecule has 1 aromatic heterocycles. The predicted molar refractivity (Wildman–Crippen MR) is 101 cm³/mol. The molecule has 1 amide bonds. The summed E-state index contributed by atoms with van der Waals surface area (Å²) in [6, 6.07) is 11.3. The summed E-state index contributed by atoms with van der Waals surface area (Å²) in [5.74, 6) is 0.657. The molecular weight excluding hydrogens is 367 g/mol. The van der Waals surface area contributed by atoms with Crippen LogP contribution in [-0.4, -0.2) is 17.0 Å². The van der Waals surface area contributed by atoms with Crippen molar-refractivity contribution in [2.45, 2.75) is 19.4 Å². The van der Waals surface area contributed by atoms with Crippen LogP contribution in [0.15, 0.2) is 54.0 Å². The van der Waals surface area contributed by atoms with Gasteiger partial charge in [0, 0.05) is 23.7 Å². The molecule has 1 aliphatic rings. The fourth-order valence-electron chi connectivity index (χ4n) is 2.70. The van der Waals surface area contributed by atoms with Gasteiger partial charge in [-0.2, -0.15) is 0 Å². The van der Waals surface area contributed by atoms with Gasteiger partial charge >= 0.3 is 0 Å². The standard InChI is InChI=1S/C20H17FN2O3S/c1-12-10-14(4-7-17(12)26-20-22-8-9-27-20)23-19(24)16-11-18(16)25-15-5-2-13(21)3-6-15/h2-10,16,18H,11H2,1H3,(H,23,24). The normalized spacial score (nSPS) is 18.0. The average Bonchev–Trinajstić information content (AvgIpc) is 3.22. The third kappa shape index (κ3) is 4.25. The second kappa shape index (κ2) is 7.36. The van der Waals surface area contributed by atoms with Gasteiger partial charge in [0.2, 0.25) is 5.91 Å². The van der Waals surface area contributed by atoms with Crippen LogP contribution in [0, 0.1) is 18.7 Å². The molecule has 0 saturated heterocycles. The molecule has 0 bridgehead atoms. The summed E-state index contributed by atoms with van der Waals surface area (Å²) < 4.78 is 24.3. The summed E-state index contributed by atoms with van der Waals surface area (Å²) in [5.41, 5.74) is 1.61. The second-order valence-corrected chi connectivity index (χ2v) is 7.18. The zero-order valence-electron chi connectivity index (χ0n) is 14.5. The van der Waals surface area contributed by atoms with Crippen LogP contribution in [0.4, 0.5) is 10.1 Å². The number of hydrogen-bond donors (Lipinski definition) is 1. The molecule has 5 nitrogen and oxygen atoms in total. The van der Waals surface area contributed by atoms with Crippen molar-refractivity contribution in [3.63, 3.8) is 0 Å². The van der Waals surface area contributed by atoms with Crippen LogP contribution in [-0.2, 0) is 4.79 Å². The number of ether oxygens (including phenoxy) is 2. The Morgan fingerprint density at radius 3 is 2.78 bits per heavy atom. The summed E-state index contributed by atoms with van der Waals surface area (Å²) in [4.78, 5) is 16.5. The van der Waals surface area contributed by atoms with Crippen molar-refractivity contribution < 1.29 is 18.7 Å². The first-order valence-corrected chi connectivity index (χ1v) is 9.37. The van der Waals surface area contributed by atoms with Gasteiger partial charge in [-0.1, -0.05) is 11.3 Å². The molecule has 0 aliphatic heterocycles. The van der Waals surface area contributed by atoms with Crippen LogP contribution in [0.2, 0.25) is 0 Å². The number of carbonyl (C=O) groups excluding carboxylic acids is 1. The van der Waals surface area contributed by atoms with Crippen molar-refractivity contribution in [1.82, 2.24) is 4.98 Å². The number of amides is 1. The molecule has 1 saturated carbocycles. The highest BCUT2D eigenvalue weighted by atomic mass is 32.1. The molecule has 138 valence electrons. The van der Waals surface area contributed by atoms with Gasteiger partial charge in [-0.3, -0.25) is 4.79 Å². The van der Waals surface area contributed by atoms with Gasteiger partial charge < -0.3 is 14.8 Å². The lowest BCUT2D eigenvalue weighted by molar-refractivity contribution is -0.117. The van der Waals surface area contributed by atoms with Crippen LogP contribution in [0.3, 0.4) is 0 Å². The Morgan fingerprint density at radius 2 is 2.07 bits per heavy atom. The maximum absolute atomic E-state index is 12.9. The van der Waals surface area contributed by atoms with Gasteiger partial charge in [0.15, 0.2) is 0 Å². The number of aromatic nitrogens is 1. The molecule has 1 fully saturated rings. The molecule has 1 heterocycles. The Morgan fingerprint density at radius 1 is 1.26 bits per heavy atom. The van der Waals surface area contributed by atoms with E-state index >= 15 is 0 Å². The lowest BCUT2D eigenvalue weighted by Crippen LogP contribution is -2.17. The number of halogens is 1. The summed E-state index contributed by atoms with van der Waals surface area (Å²) in [6.07, 6.45) is 2.15. The number of benzene rings is 2. The SMILES string of the molecule is Cc1cc(NC(=O)C2CC2Oc2ccc(F)cc2)ccc1Oc1nccs1.